The number of hydrogen-bond acceptors (Lipinski definition) is 5. The topological polar surface area (TPSA) is 73.2 Å². The number of ketones is 1. The van der Waals surface area contributed by atoms with E-state index in [0.29, 0.717) is 5.75 Å². The first kappa shape index (κ1) is 17.2. The molecule has 0 saturated heterocycles. The van der Waals surface area contributed by atoms with Gasteiger partial charge in [0.25, 0.3) is 0 Å². The van der Waals surface area contributed by atoms with Crippen molar-refractivity contribution in [2.24, 2.45) is 0 Å². The van der Waals surface area contributed by atoms with Crippen LogP contribution in [0, 0.1) is 0 Å². The minimum absolute atomic E-state index is 0. The average molecular weight is 301 g/mol. The van der Waals surface area contributed by atoms with E-state index in [9.17, 15) is 9.59 Å². The Morgan fingerprint density at radius 3 is 2.55 bits per heavy atom. The standard InChI is InChI=1S/C15H15N3O3.CH4/c1-16-9-7-13(19)15-14(20)8-10-18(17-15)11-3-5-12(21-2)6-4-11;/h3-10,16H,1-2H3;1H4. The second-order valence-electron chi connectivity index (χ2n) is 4.16. The third-order valence-electron chi connectivity index (χ3n) is 2.78. The van der Waals surface area contributed by atoms with E-state index in [-0.39, 0.29) is 13.1 Å². The van der Waals surface area contributed by atoms with Crippen LogP contribution < -0.4 is 15.5 Å². The number of rotatable bonds is 5. The molecule has 1 heterocycles. The summed E-state index contributed by atoms with van der Waals surface area (Å²) in [6, 6.07) is 8.44. The second-order valence-corrected chi connectivity index (χ2v) is 4.16. The number of carbonyl (C=O) groups excluding carboxylic acids is 1. The Morgan fingerprint density at radius 2 is 1.95 bits per heavy atom. The van der Waals surface area contributed by atoms with E-state index in [0.717, 1.165) is 5.69 Å². The Labute approximate surface area is 129 Å². The molecule has 2 rings (SSSR count). The number of allylic oxidation sites excluding steroid dienone is 1. The zero-order chi connectivity index (χ0) is 15.2. The van der Waals surface area contributed by atoms with Gasteiger partial charge in [0.15, 0.2) is 5.69 Å². The fraction of sp³-hybridized carbons (Fsp3) is 0.188. The molecule has 0 atom stereocenters. The van der Waals surface area contributed by atoms with Crippen molar-refractivity contribution in [1.29, 1.82) is 0 Å². The van der Waals surface area contributed by atoms with Gasteiger partial charge < -0.3 is 10.1 Å². The second kappa shape index (κ2) is 7.78. The Bertz CT molecular complexity index is 718. The van der Waals surface area contributed by atoms with Crippen molar-refractivity contribution in [2.45, 2.75) is 7.43 Å². The van der Waals surface area contributed by atoms with Crippen LogP contribution in [0.15, 0.2) is 53.6 Å². The minimum atomic E-state index is -0.447. The van der Waals surface area contributed by atoms with Crippen LogP contribution in [0.2, 0.25) is 0 Å². The summed E-state index contributed by atoms with van der Waals surface area (Å²) in [5.74, 6) is 0.269. The van der Waals surface area contributed by atoms with Crippen LogP contribution in [0.25, 0.3) is 5.69 Å². The Morgan fingerprint density at radius 1 is 1.27 bits per heavy atom. The van der Waals surface area contributed by atoms with Gasteiger partial charge in [-0.2, -0.15) is 5.10 Å². The van der Waals surface area contributed by atoms with Crippen molar-refractivity contribution in [3.63, 3.8) is 0 Å². The number of nitrogens with one attached hydrogen (secondary N) is 1. The van der Waals surface area contributed by atoms with Crippen molar-refractivity contribution < 1.29 is 9.53 Å². The van der Waals surface area contributed by atoms with Gasteiger partial charge in [-0.05, 0) is 24.3 Å². The predicted molar refractivity (Wildman–Crippen MR) is 85.6 cm³/mol. The largest absolute Gasteiger partial charge is 0.497 e. The number of methoxy groups -OCH3 is 1. The molecule has 0 saturated carbocycles. The van der Waals surface area contributed by atoms with Crippen LogP contribution in [-0.2, 0) is 0 Å². The average Bonchev–Trinajstić information content (AvgIpc) is 2.53. The predicted octanol–water partition coefficient (Wildman–Crippen LogP) is 1.79. The highest BCUT2D eigenvalue weighted by molar-refractivity contribution is 6.02. The first-order valence-electron chi connectivity index (χ1n) is 6.28. The van der Waals surface area contributed by atoms with E-state index in [4.69, 9.17) is 4.74 Å². The molecule has 0 amide bonds. The fourth-order valence-corrected chi connectivity index (χ4v) is 1.69. The summed E-state index contributed by atoms with van der Waals surface area (Å²) in [5.41, 5.74) is 0.188. The molecule has 6 nitrogen and oxygen atoms in total. The molecular formula is C16H19N3O3. The molecule has 0 aliphatic heterocycles. The lowest BCUT2D eigenvalue weighted by Crippen LogP contribution is -2.19. The SMILES string of the molecule is C.CNC=CC(=O)c1nn(-c2ccc(OC)cc2)ccc1=O. The third-order valence-corrected chi connectivity index (χ3v) is 2.78. The van der Waals surface area contributed by atoms with Gasteiger partial charge in [-0.1, -0.05) is 7.43 Å². The molecule has 116 valence electrons. The van der Waals surface area contributed by atoms with Crippen LogP contribution >= 0.6 is 0 Å². The summed E-state index contributed by atoms with van der Waals surface area (Å²) in [6.45, 7) is 0. The molecule has 1 aromatic heterocycles. The summed E-state index contributed by atoms with van der Waals surface area (Å²) >= 11 is 0. The van der Waals surface area contributed by atoms with E-state index in [2.05, 4.69) is 10.4 Å². The molecule has 1 aromatic carbocycles. The maximum absolute atomic E-state index is 11.9. The number of nitrogens with zero attached hydrogens (tertiary/aromatic N) is 2. The molecule has 6 heteroatoms. The van der Waals surface area contributed by atoms with E-state index < -0.39 is 11.2 Å². The monoisotopic (exact) mass is 301 g/mol. The quantitative estimate of drug-likeness (QED) is 0.673. The number of aromatic nitrogens is 2. The van der Waals surface area contributed by atoms with Gasteiger partial charge in [-0.25, -0.2) is 4.68 Å². The molecule has 0 radical (unpaired) electrons. The molecule has 2 aromatic rings. The fourth-order valence-electron chi connectivity index (χ4n) is 1.69. The first-order chi connectivity index (χ1) is 10.2. The van der Waals surface area contributed by atoms with Crippen molar-refractivity contribution in [1.82, 2.24) is 15.1 Å². The summed E-state index contributed by atoms with van der Waals surface area (Å²) in [5, 5.41) is 6.78. The molecule has 0 aliphatic rings. The summed E-state index contributed by atoms with van der Waals surface area (Å²) in [7, 11) is 3.25. The van der Waals surface area contributed by atoms with Crippen LogP contribution in [0.1, 0.15) is 17.9 Å². The molecule has 22 heavy (non-hydrogen) atoms. The Kier molecular flexibility index (Phi) is 6.07. The summed E-state index contributed by atoms with van der Waals surface area (Å²) < 4.78 is 6.55. The normalized spacial score (nSPS) is 10.1. The van der Waals surface area contributed by atoms with E-state index in [1.54, 1.807) is 38.4 Å². The van der Waals surface area contributed by atoms with Gasteiger partial charge in [-0.3, -0.25) is 9.59 Å². The smallest absolute Gasteiger partial charge is 0.211 e. The summed E-state index contributed by atoms with van der Waals surface area (Å²) in [4.78, 5) is 23.6. The number of benzene rings is 1. The van der Waals surface area contributed by atoms with E-state index in [1.165, 1.54) is 29.2 Å². The number of ether oxygens (including phenoxy) is 1. The number of hydrogen-bond donors (Lipinski definition) is 1. The first-order valence-corrected chi connectivity index (χ1v) is 6.28. The van der Waals surface area contributed by atoms with Crippen molar-refractivity contribution in [3.05, 3.63) is 64.7 Å². The van der Waals surface area contributed by atoms with Gasteiger partial charge >= 0.3 is 0 Å². The minimum Gasteiger partial charge on any atom is -0.497 e. The van der Waals surface area contributed by atoms with Crippen LogP contribution in [0.3, 0.4) is 0 Å². The van der Waals surface area contributed by atoms with E-state index >= 15 is 0 Å². The molecule has 1 N–H and O–H groups in total. The zero-order valence-electron chi connectivity index (χ0n) is 11.7. The molecular weight excluding hydrogens is 282 g/mol. The van der Waals surface area contributed by atoms with Crippen molar-refractivity contribution >= 4 is 5.78 Å². The van der Waals surface area contributed by atoms with Crippen LogP contribution in [-0.4, -0.2) is 29.7 Å². The van der Waals surface area contributed by atoms with Gasteiger partial charge in [0.05, 0.1) is 12.8 Å². The van der Waals surface area contributed by atoms with Gasteiger partial charge in [0, 0.05) is 31.6 Å². The molecule has 0 unspecified atom stereocenters. The maximum atomic E-state index is 11.9. The summed E-state index contributed by atoms with van der Waals surface area (Å²) in [6.07, 6.45) is 4.24. The lowest BCUT2D eigenvalue weighted by molar-refractivity contribution is 0.103. The molecule has 0 aliphatic carbocycles. The van der Waals surface area contributed by atoms with E-state index in [1.807, 2.05) is 0 Å². The van der Waals surface area contributed by atoms with Gasteiger partial charge in [-0.15, -0.1) is 0 Å². The number of carbonyl (C=O) groups is 1. The molecule has 0 spiro atoms. The Hall–Kier alpha value is -2.89. The van der Waals surface area contributed by atoms with Crippen molar-refractivity contribution in [3.8, 4) is 11.4 Å². The lowest BCUT2D eigenvalue weighted by Gasteiger charge is -2.07. The highest BCUT2D eigenvalue weighted by atomic mass is 16.5. The van der Waals surface area contributed by atoms with Gasteiger partial charge in [0.2, 0.25) is 11.2 Å². The van der Waals surface area contributed by atoms with Crippen molar-refractivity contribution in [2.75, 3.05) is 14.2 Å². The molecule has 0 bridgehead atoms. The third kappa shape index (κ3) is 3.82. The van der Waals surface area contributed by atoms with Crippen LogP contribution in [0.5, 0.6) is 5.75 Å². The highest BCUT2D eigenvalue weighted by Crippen LogP contribution is 2.13. The highest BCUT2D eigenvalue weighted by Gasteiger charge is 2.10. The van der Waals surface area contributed by atoms with Crippen LogP contribution in [0.4, 0.5) is 0 Å². The maximum Gasteiger partial charge on any atom is 0.211 e. The molecule has 0 fully saturated rings. The Balaban J connectivity index is 0.00000242. The lowest BCUT2D eigenvalue weighted by atomic mass is 10.2. The van der Waals surface area contributed by atoms with Gasteiger partial charge in [0.1, 0.15) is 5.75 Å². The zero-order valence-corrected chi connectivity index (χ0v) is 11.7.